The number of hydrogen-bond acceptors (Lipinski definition) is 4. The summed E-state index contributed by atoms with van der Waals surface area (Å²) in [4.78, 5) is 12.3. The number of alkyl halides is 3. The first-order valence-electron chi connectivity index (χ1n) is 7.30. The fourth-order valence-corrected chi connectivity index (χ4v) is 4.38. The Morgan fingerprint density at radius 2 is 1.92 bits per heavy atom. The van der Waals surface area contributed by atoms with E-state index < -0.39 is 11.5 Å². The second-order valence-electron chi connectivity index (χ2n) is 5.55. The molecule has 134 valence electrons. The molecule has 0 spiro atoms. The SMILES string of the molecule is Cn1cc2c3cc(C(=O)O)sc3n(-c3ccc(SC(F)(F)F)cc3)c2n1. The van der Waals surface area contributed by atoms with Crippen molar-refractivity contribution in [3.05, 3.63) is 41.4 Å². The maximum absolute atomic E-state index is 12.5. The summed E-state index contributed by atoms with van der Waals surface area (Å²) in [5.41, 5.74) is -3.10. The van der Waals surface area contributed by atoms with Crippen LogP contribution in [0.3, 0.4) is 0 Å². The molecule has 0 saturated carbocycles. The molecule has 0 unspecified atom stereocenters. The van der Waals surface area contributed by atoms with Crippen LogP contribution in [0.2, 0.25) is 0 Å². The highest BCUT2D eigenvalue weighted by Gasteiger charge is 2.29. The molecule has 1 aromatic carbocycles. The van der Waals surface area contributed by atoms with Gasteiger partial charge in [0.05, 0.1) is 0 Å². The number of fused-ring (bicyclic) bond motifs is 3. The first kappa shape index (κ1) is 17.0. The first-order chi connectivity index (χ1) is 12.2. The predicted molar refractivity (Wildman–Crippen MR) is 94.3 cm³/mol. The predicted octanol–water partition coefficient (Wildman–Crippen LogP) is 4.89. The number of rotatable bonds is 3. The van der Waals surface area contributed by atoms with E-state index in [2.05, 4.69) is 5.10 Å². The van der Waals surface area contributed by atoms with Crippen LogP contribution >= 0.6 is 23.1 Å². The molecule has 10 heteroatoms. The lowest BCUT2D eigenvalue weighted by Crippen LogP contribution is -1.99. The smallest absolute Gasteiger partial charge is 0.446 e. The van der Waals surface area contributed by atoms with Crippen LogP contribution in [0.15, 0.2) is 41.4 Å². The van der Waals surface area contributed by atoms with E-state index in [4.69, 9.17) is 0 Å². The number of hydrogen-bond donors (Lipinski definition) is 1. The van der Waals surface area contributed by atoms with Crippen molar-refractivity contribution in [2.75, 3.05) is 0 Å². The molecular formula is C16H10F3N3O2S2. The van der Waals surface area contributed by atoms with Crippen LogP contribution in [-0.2, 0) is 7.05 Å². The molecule has 0 aliphatic heterocycles. The van der Waals surface area contributed by atoms with Crippen LogP contribution in [0.25, 0.3) is 26.9 Å². The van der Waals surface area contributed by atoms with Gasteiger partial charge in [-0.2, -0.15) is 18.3 Å². The molecule has 26 heavy (non-hydrogen) atoms. The number of thioether (sulfide) groups is 1. The van der Waals surface area contributed by atoms with Crippen molar-refractivity contribution in [2.45, 2.75) is 10.4 Å². The molecular weight excluding hydrogens is 387 g/mol. The number of carboxylic acid groups (broad SMARTS) is 1. The maximum atomic E-state index is 12.5. The van der Waals surface area contributed by atoms with Gasteiger partial charge in [-0.1, -0.05) is 0 Å². The molecule has 1 N–H and O–H groups in total. The summed E-state index contributed by atoms with van der Waals surface area (Å²) in [6.45, 7) is 0. The van der Waals surface area contributed by atoms with E-state index in [1.165, 1.54) is 12.1 Å². The number of carbonyl (C=O) groups is 1. The third-order valence-corrected chi connectivity index (χ3v) is 5.61. The third kappa shape index (κ3) is 2.84. The van der Waals surface area contributed by atoms with Gasteiger partial charge in [-0.3, -0.25) is 9.25 Å². The van der Waals surface area contributed by atoms with Gasteiger partial charge in [0.1, 0.15) is 9.71 Å². The van der Waals surface area contributed by atoms with Gasteiger partial charge in [-0.05, 0) is 42.1 Å². The van der Waals surface area contributed by atoms with Crippen LogP contribution in [0.1, 0.15) is 9.67 Å². The van der Waals surface area contributed by atoms with E-state index in [1.807, 2.05) is 0 Å². The average Bonchev–Trinajstić information content (AvgIpc) is 3.17. The normalized spacial score (nSPS) is 12.3. The molecule has 4 aromatic rings. The average molecular weight is 397 g/mol. The van der Waals surface area contributed by atoms with E-state index >= 15 is 0 Å². The molecule has 3 heterocycles. The Labute approximate surface area is 152 Å². The van der Waals surface area contributed by atoms with Gasteiger partial charge in [-0.15, -0.1) is 11.3 Å². The van der Waals surface area contributed by atoms with E-state index in [-0.39, 0.29) is 21.5 Å². The van der Waals surface area contributed by atoms with Gasteiger partial charge >= 0.3 is 11.5 Å². The molecule has 0 atom stereocenters. The number of nitrogens with zero attached hydrogens (tertiary/aromatic N) is 3. The number of halogens is 3. The van der Waals surface area contributed by atoms with Gasteiger partial charge in [-0.25, -0.2) is 4.79 Å². The van der Waals surface area contributed by atoms with E-state index in [0.29, 0.717) is 16.2 Å². The van der Waals surface area contributed by atoms with Gasteiger partial charge < -0.3 is 5.11 Å². The van der Waals surface area contributed by atoms with Crippen molar-refractivity contribution in [3.63, 3.8) is 0 Å². The molecule has 0 bridgehead atoms. The Balaban J connectivity index is 1.89. The molecule has 0 fully saturated rings. The van der Waals surface area contributed by atoms with E-state index in [9.17, 15) is 23.1 Å². The Kier molecular flexibility index (Phi) is 3.77. The number of aryl methyl sites for hydroxylation is 1. The zero-order chi connectivity index (χ0) is 18.6. The molecule has 0 saturated heterocycles. The van der Waals surface area contributed by atoms with Crippen molar-refractivity contribution in [2.24, 2.45) is 7.05 Å². The summed E-state index contributed by atoms with van der Waals surface area (Å²) in [5.74, 6) is -1.02. The zero-order valence-corrected chi connectivity index (χ0v) is 14.7. The standard InChI is InChI=1S/C16H10F3N3O2S2/c1-21-7-11-10-6-12(15(23)24)25-14(10)22(13(11)20-21)8-2-4-9(5-3-8)26-16(17,18)19/h2-7H,1H3,(H,23,24). The van der Waals surface area contributed by atoms with Gasteiger partial charge in [0, 0.05) is 34.6 Å². The monoisotopic (exact) mass is 397 g/mol. The lowest BCUT2D eigenvalue weighted by molar-refractivity contribution is -0.0328. The number of carboxylic acids is 1. The summed E-state index contributed by atoms with van der Waals surface area (Å²) in [7, 11) is 1.75. The minimum atomic E-state index is -4.35. The van der Waals surface area contributed by atoms with Crippen molar-refractivity contribution < 1.29 is 23.1 Å². The Morgan fingerprint density at radius 1 is 1.23 bits per heavy atom. The molecule has 3 aromatic heterocycles. The molecule has 5 nitrogen and oxygen atoms in total. The summed E-state index contributed by atoms with van der Waals surface area (Å²) in [6, 6.07) is 7.51. The first-order valence-corrected chi connectivity index (χ1v) is 8.93. The van der Waals surface area contributed by atoms with Crippen molar-refractivity contribution in [1.82, 2.24) is 14.3 Å². The summed E-state index contributed by atoms with van der Waals surface area (Å²) >= 11 is 0.928. The van der Waals surface area contributed by atoms with Crippen LogP contribution in [-0.4, -0.2) is 30.9 Å². The summed E-state index contributed by atoms with van der Waals surface area (Å²) in [6.07, 6.45) is 1.79. The highest BCUT2D eigenvalue weighted by atomic mass is 32.2. The Morgan fingerprint density at radius 3 is 2.54 bits per heavy atom. The minimum Gasteiger partial charge on any atom is -0.477 e. The molecule has 0 aliphatic carbocycles. The summed E-state index contributed by atoms with van der Waals surface area (Å²) < 4.78 is 40.9. The van der Waals surface area contributed by atoms with E-state index in [1.54, 1.807) is 40.7 Å². The number of aromatic nitrogens is 3. The number of thiophene rings is 1. The Hall–Kier alpha value is -2.46. The zero-order valence-electron chi connectivity index (χ0n) is 13.1. The number of benzene rings is 1. The maximum Gasteiger partial charge on any atom is 0.446 e. The van der Waals surface area contributed by atoms with Gasteiger partial charge in [0.15, 0.2) is 5.65 Å². The van der Waals surface area contributed by atoms with Crippen LogP contribution in [0, 0.1) is 0 Å². The fraction of sp³-hybridized carbons (Fsp3) is 0.125. The van der Waals surface area contributed by atoms with Gasteiger partial charge in [0.2, 0.25) is 0 Å². The van der Waals surface area contributed by atoms with Crippen LogP contribution in [0.4, 0.5) is 13.2 Å². The van der Waals surface area contributed by atoms with Crippen molar-refractivity contribution in [1.29, 1.82) is 0 Å². The highest BCUT2D eigenvalue weighted by molar-refractivity contribution is 8.00. The van der Waals surface area contributed by atoms with Crippen LogP contribution in [0.5, 0.6) is 0 Å². The topological polar surface area (TPSA) is 60.1 Å². The molecule has 4 rings (SSSR count). The quantitative estimate of drug-likeness (QED) is 0.500. The third-order valence-electron chi connectivity index (χ3n) is 3.77. The van der Waals surface area contributed by atoms with Gasteiger partial charge in [0.25, 0.3) is 0 Å². The van der Waals surface area contributed by atoms with E-state index in [0.717, 1.165) is 22.1 Å². The fourth-order valence-electron chi connectivity index (χ4n) is 2.81. The molecule has 0 amide bonds. The Bertz CT molecular complexity index is 1140. The van der Waals surface area contributed by atoms with Crippen LogP contribution < -0.4 is 0 Å². The van der Waals surface area contributed by atoms with Crippen molar-refractivity contribution in [3.8, 4) is 5.69 Å². The second kappa shape index (κ2) is 5.78. The second-order valence-corrected chi connectivity index (χ2v) is 7.72. The lowest BCUT2D eigenvalue weighted by Gasteiger charge is -2.08. The molecule has 0 aliphatic rings. The van der Waals surface area contributed by atoms with Crippen molar-refractivity contribution >= 4 is 50.3 Å². The largest absolute Gasteiger partial charge is 0.477 e. The lowest BCUT2D eigenvalue weighted by atomic mass is 10.3. The highest BCUT2D eigenvalue weighted by Crippen LogP contribution is 2.39. The summed E-state index contributed by atoms with van der Waals surface area (Å²) in [5, 5.41) is 15.2. The molecule has 0 radical (unpaired) electrons. The minimum absolute atomic E-state index is 0.0827. The number of aromatic carboxylic acids is 1.